The summed E-state index contributed by atoms with van der Waals surface area (Å²) in [4.78, 5) is 24.7. The van der Waals surface area contributed by atoms with Gasteiger partial charge in [0, 0.05) is 28.1 Å². The average molecular weight is 328 g/mol. The number of nitrogens with zero attached hydrogens (tertiary/aromatic N) is 1. The van der Waals surface area contributed by atoms with Crippen LogP contribution in [-0.2, 0) is 6.54 Å². The highest BCUT2D eigenvalue weighted by atomic mass is 35.5. The van der Waals surface area contributed by atoms with E-state index in [-0.39, 0.29) is 23.6 Å². The number of hydrogen-bond acceptors (Lipinski definition) is 3. The smallest absolute Gasteiger partial charge is 0.251 e. The maximum absolute atomic E-state index is 12.4. The van der Waals surface area contributed by atoms with Crippen molar-refractivity contribution in [2.24, 2.45) is 0 Å². The van der Waals surface area contributed by atoms with Gasteiger partial charge in [-0.2, -0.15) is 0 Å². The van der Waals surface area contributed by atoms with Crippen molar-refractivity contribution in [3.05, 3.63) is 75.0 Å². The Morgan fingerprint density at radius 3 is 2.52 bits per heavy atom. The lowest BCUT2D eigenvalue weighted by Gasteiger charge is -2.12. The normalized spacial score (nSPS) is 10.9. The third-order valence-electron chi connectivity index (χ3n) is 3.77. The highest BCUT2D eigenvalue weighted by Crippen LogP contribution is 2.22. The van der Waals surface area contributed by atoms with Gasteiger partial charge in [-0.3, -0.25) is 9.59 Å². The molecule has 2 aromatic carbocycles. The van der Waals surface area contributed by atoms with Crippen LogP contribution in [0.2, 0.25) is 5.02 Å². The van der Waals surface area contributed by atoms with Crippen LogP contribution in [0.25, 0.3) is 10.9 Å². The van der Waals surface area contributed by atoms with E-state index in [0.29, 0.717) is 16.1 Å². The summed E-state index contributed by atoms with van der Waals surface area (Å²) < 4.78 is 1.37. The largest absolute Gasteiger partial charge is 0.508 e. The van der Waals surface area contributed by atoms with Crippen molar-refractivity contribution in [2.45, 2.75) is 13.5 Å². The van der Waals surface area contributed by atoms with E-state index in [9.17, 15) is 14.7 Å². The summed E-state index contributed by atoms with van der Waals surface area (Å²) in [7, 11) is 0. The topological polar surface area (TPSA) is 59.3 Å². The molecule has 5 heteroatoms. The van der Waals surface area contributed by atoms with Crippen LogP contribution in [0.4, 0.5) is 0 Å². The quantitative estimate of drug-likeness (QED) is 0.748. The van der Waals surface area contributed by atoms with Gasteiger partial charge in [0.15, 0.2) is 5.78 Å². The molecule has 0 aliphatic carbocycles. The molecule has 4 nitrogen and oxygen atoms in total. The van der Waals surface area contributed by atoms with Crippen molar-refractivity contribution < 1.29 is 9.90 Å². The van der Waals surface area contributed by atoms with Gasteiger partial charge in [-0.1, -0.05) is 11.6 Å². The van der Waals surface area contributed by atoms with Gasteiger partial charge in [-0.05, 0) is 48.9 Å². The zero-order chi connectivity index (χ0) is 16.6. The Kier molecular flexibility index (Phi) is 3.92. The highest BCUT2D eigenvalue weighted by Gasteiger charge is 2.12. The molecule has 0 atom stereocenters. The number of phenols is 1. The minimum Gasteiger partial charge on any atom is -0.508 e. The summed E-state index contributed by atoms with van der Waals surface area (Å²) >= 11 is 5.82. The van der Waals surface area contributed by atoms with E-state index in [1.54, 1.807) is 36.4 Å². The summed E-state index contributed by atoms with van der Waals surface area (Å²) in [6, 6.07) is 12.8. The Morgan fingerprint density at radius 2 is 1.83 bits per heavy atom. The average Bonchev–Trinajstić information content (AvgIpc) is 2.51. The van der Waals surface area contributed by atoms with Crippen LogP contribution in [0.15, 0.2) is 53.3 Å². The second-order valence-corrected chi connectivity index (χ2v) is 5.82. The fourth-order valence-electron chi connectivity index (χ4n) is 2.57. The zero-order valence-corrected chi connectivity index (χ0v) is 13.2. The number of phenolic OH excluding ortho intramolecular Hbond substituents is 1. The molecule has 1 N–H and O–H groups in total. The number of pyridine rings is 1. The second-order valence-electron chi connectivity index (χ2n) is 5.38. The lowest BCUT2D eigenvalue weighted by atomic mass is 10.1. The number of carbonyl (C=O) groups excluding carboxylic acids is 1. The molecule has 0 spiro atoms. The first-order valence-electron chi connectivity index (χ1n) is 7.07. The van der Waals surface area contributed by atoms with E-state index in [4.69, 9.17) is 11.6 Å². The minimum atomic E-state index is -0.275. The molecule has 0 radical (unpaired) electrons. The number of aromatic hydroxyl groups is 1. The summed E-state index contributed by atoms with van der Waals surface area (Å²) in [5.74, 6) is -0.146. The zero-order valence-electron chi connectivity index (χ0n) is 12.4. The second kappa shape index (κ2) is 5.89. The summed E-state index contributed by atoms with van der Waals surface area (Å²) in [5.41, 5.74) is 1.55. The lowest BCUT2D eigenvalue weighted by molar-refractivity contribution is 0.0972. The summed E-state index contributed by atoms with van der Waals surface area (Å²) in [6.45, 7) is 1.73. The Bertz CT molecular complexity index is 958. The Hall–Kier alpha value is -2.59. The van der Waals surface area contributed by atoms with E-state index < -0.39 is 0 Å². The van der Waals surface area contributed by atoms with E-state index in [0.717, 1.165) is 10.9 Å². The molecule has 0 aliphatic rings. The van der Waals surface area contributed by atoms with Crippen molar-refractivity contribution in [3.8, 4) is 5.75 Å². The van der Waals surface area contributed by atoms with E-state index >= 15 is 0 Å². The SMILES string of the molecule is Cc1cc(=O)n(CC(=O)c2ccc(Cl)cc2)c2cc(O)ccc12. The first-order valence-corrected chi connectivity index (χ1v) is 7.45. The van der Waals surface area contributed by atoms with Crippen LogP contribution < -0.4 is 5.56 Å². The monoisotopic (exact) mass is 327 g/mol. The lowest BCUT2D eigenvalue weighted by Crippen LogP contribution is -2.24. The van der Waals surface area contributed by atoms with Crippen molar-refractivity contribution in [2.75, 3.05) is 0 Å². The van der Waals surface area contributed by atoms with Gasteiger partial charge in [0.05, 0.1) is 12.1 Å². The Labute approximate surface area is 137 Å². The Balaban J connectivity index is 2.09. The molecular formula is C18H14ClNO3. The number of ketones is 1. The number of aromatic nitrogens is 1. The fourth-order valence-corrected chi connectivity index (χ4v) is 2.70. The third kappa shape index (κ3) is 2.98. The molecule has 116 valence electrons. The molecule has 1 heterocycles. The maximum atomic E-state index is 12.4. The molecule has 1 aromatic heterocycles. The van der Waals surface area contributed by atoms with Crippen molar-refractivity contribution in [1.29, 1.82) is 0 Å². The molecule has 0 amide bonds. The van der Waals surface area contributed by atoms with Crippen LogP contribution in [0.3, 0.4) is 0 Å². The molecule has 0 bridgehead atoms. The van der Waals surface area contributed by atoms with Gasteiger partial charge in [0.25, 0.3) is 5.56 Å². The van der Waals surface area contributed by atoms with Gasteiger partial charge in [-0.25, -0.2) is 0 Å². The summed E-state index contributed by atoms with van der Waals surface area (Å²) in [6.07, 6.45) is 0. The summed E-state index contributed by atoms with van der Waals surface area (Å²) in [5, 5.41) is 11.1. The van der Waals surface area contributed by atoms with Crippen molar-refractivity contribution in [3.63, 3.8) is 0 Å². The van der Waals surface area contributed by atoms with Crippen molar-refractivity contribution >= 4 is 28.3 Å². The maximum Gasteiger partial charge on any atom is 0.251 e. The van der Waals surface area contributed by atoms with Crippen LogP contribution in [0.1, 0.15) is 15.9 Å². The number of benzene rings is 2. The fraction of sp³-hybridized carbons (Fsp3) is 0.111. The molecule has 3 aromatic rings. The molecular weight excluding hydrogens is 314 g/mol. The number of hydrogen-bond donors (Lipinski definition) is 1. The first-order chi connectivity index (χ1) is 11.0. The molecule has 0 saturated carbocycles. The van der Waals surface area contributed by atoms with Gasteiger partial charge >= 0.3 is 0 Å². The van der Waals surface area contributed by atoms with Crippen LogP contribution in [0.5, 0.6) is 5.75 Å². The van der Waals surface area contributed by atoms with Gasteiger partial charge < -0.3 is 9.67 Å². The van der Waals surface area contributed by atoms with Gasteiger partial charge in [0.2, 0.25) is 0 Å². The molecule has 23 heavy (non-hydrogen) atoms. The number of halogens is 1. The minimum absolute atomic E-state index is 0.0511. The van der Waals surface area contributed by atoms with Gasteiger partial charge in [0.1, 0.15) is 5.75 Å². The number of aryl methyl sites for hydroxylation is 1. The third-order valence-corrected chi connectivity index (χ3v) is 4.02. The standard InChI is InChI=1S/C18H14ClNO3/c1-11-8-18(23)20(16-9-14(21)6-7-15(11)16)10-17(22)12-2-4-13(19)5-3-12/h2-9,21H,10H2,1H3. The molecule has 0 fully saturated rings. The molecule has 3 rings (SSSR count). The van der Waals surface area contributed by atoms with Gasteiger partial charge in [-0.15, -0.1) is 0 Å². The number of rotatable bonds is 3. The highest BCUT2D eigenvalue weighted by molar-refractivity contribution is 6.30. The van der Waals surface area contributed by atoms with Crippen LogP contribution in [0, 0.1) is 6.92 Å². The Morgan fingerprint density at radius 1 is 1.13 bits per heavy atom. The predicted molar refractivity (Wildman–Crippen MR) is 90.4 cm³/mol. The van der Waals surface area contributed by atoms with E-state index in [1.807, 2.05) is 6.92 Å². The van der Waals surface area contributed by atoms with Crippen LogP contribution >= 0.6 is 11.6 Å². The molecule has 0 aliphatic heterocycles. The van der Waals surface area contributed by atoms with Crippen LogP contribution in [-0.4, -0.2) is 15.5 Å². The van der Waals surface area contributed by atoms with E-state index in [2.05, 4.69) is 0 Å². The molecule has 0 unspecified atom stereocenters. The molecule has 0 saturated heterocycles. The predicted octanol–water partition coefficient (Wildman–Crippen LogP) is 3.55. The number of fused-ring (bicyclic) bond motifs is 1. The number of Topliss-reactive ketones (excluding diaryl/α,β-unsaturated/α-hetero) is 1. The number of carbonyl (C=O) groups is 1. The van der Waals surface area contributed by atoms with Crippen molar-refractivity contribution in [1.82, 2.24) is 4.57 Å². The first kappa shape index (κ1) is 15.3. The van der Waals surface area contributed by atoms with E-state index in [1.165, 1.54) is 16.7 Å².